The predicted molar refractivity (Wildman–Crippen MR) is 92.9 cm³/mol. The Labute approximate surface area is 146 Å². The first-order chi connectivity index (χ1) is 12.1. The second-order valence-corrected chi connectivity index (χ2v) is 6.07. The van der Waals surface area contributed by atoms with E-state index in [-0.39, 0.29) is 24.5 Å². The Hall–Kier alpha value is -2.73. The largest absolute Gasteiger partial charge is 0.365 e. The van der Waals surface area contributed by atoms with Crippen LogP contribution in [0.3, 0.4) is 0 Å². The van der Waals surface area contributed by atoms with Crippen molar-refractivity contribution >= 4 is 11.8 Å². The van der Waals surface area contributed by atoms with Gasteiger partial charge in [0.2, 0.25) is 5.91 Å². The summed E-state index contributed by atoms with van der Waals surface area (Å²) in [6.45, 7) is 3.22. The molecule has 0 spiro atoms. The first-order valence-electron chi connectivity index (χ1n) is 8.27. The summed E-state index contributed by atoms with van der Waals surface area (Å²) in [7, 11) is 0. The maximum Gasteiger partial charge on any atom is 0.269 e. The number of hydrogen-bond donors (Lipinski definition) is 1. The molecule has 6 nitrogen and oxygen atoms in total. The summed E-state index contributed by atoms with van der Waals surface area (Å²) >= 11 is 0. The number of pyridine rings is 1. The highest BCUT2D eigenvalue weighted by Crippen LogP contribution is 2.11. The van der Waals surface area contributed by atoms with Gasteiger partial charge >= 0.3 is 0 Å². The maximum atomic E-state index is 12.2. The molecule has 3 rings (SSSR count). The third-order valence-electron chi connectivity index (χ3n) is 4.05. The first kappa shape index (κ1) is 17.1. The molecule has 6 heteroatoms. The number of hydrogen-bond acceptors (Lipinski definition) is 4. The SMILES string of the molecule is Cc1cccc(C(=O)NCC2CN(Cc3ccccc3)C(=O)CO2)n1. The van der Waals surface area contributed by atoms with Gasteiger partial charge in [-0.3, -0.25) is 9.59 Å². The molecule has 1 aromatic heterocycles. The van der Waals surface area contributed by atoms with Gasteiger partial charge < -0.3 is 15.0 Å². The fourth-order valence-electron chi connectivity index (χ4n) is 2.73. The van der Waals surface area contributed by atoms with Crippen LogP contribution in [0.2, 0.25) is 0 Å². The molecular formula is C19H21N3O3. The lowest BCUT2D eigenvalue weighted by atomic mass is 10.2. The van der Waals surface area contributed by atoms with E-state index in [4.69, 9.17) is 4.74 Å². The van der Waals surface area contributed by atoms with Crippen molar-refractivity contribution in [3.05, 3.63) is 65.5 Å². The minimum absolute atomic E-state index is 0.0354. The molecule has 1 aliphatic heterocycles. The molecule has 1 aromatic carbocycles. The molecule has 25 heavy (non-hydrogen) atoms. The van der Waals surface area contributed by atoms with Gasteiger partial charge in [-0.25, -0.2) is 4.98 Å². The first-order valence-corrected chi connectivity index (χ1v) is 8.27. The van der Waals surface area contributed by atoms with Gasteiger partial charge in [0, 0.05) is 25.3 Å². The summed E-state index contributed by atoms with van der Waals surface area (Å²) in [4.78, 5) is 30.2. The number of carbonyl (C=O) groups excluding carboxylic acids is 2. The number of morpholine rings is 1. The summed E-state index contributed by atoms with van der Waals surface area (Å²) in [5.41, 5.74) is 2.25. The zero-order chi connectivity index (χ0) is 17.6. The lowest BCUT2D eigenvalue weighted by molar-refractivity contribution is -0.149. The average molecular weight is 339 g/mol. The van der Waals surface area contributed by atoms with E-state index in [2.05, 4.69) is 10.3 Å². The molecule has 1 unspecified atom stereocenters. The quantitative estimate of drug-likeness (QED) is 0.897. The van der Waals surface area contributed by atoms with Gasteiger partial charge in [0.25, 0.3) is 5.91 Å². The van der Waals surface area contributed by atoms with Crippen molar-refractivity contribution in [3.63, 3.8) is 0 Å². The molecule has 0 aliphatic carbocycles. The summed E-state index contributed by atoms with van der Waals surface area (Å²) < 4.78 is 5.54. The van der Waals surface area contributed by atoms with E-state index in [0.29, 0.717) is 25.3 Å². The normalized spacial score (nSPS) is 17.4. The highest BCUT2D eigenvalue weighted by molar-refractivity contribution is 5.92. The number of aromatic nitrogens is 1. The van der Waals surface area contributed by atoms with Gasteiger partial charge in [-0.2, -0.15) is 0 Å². The van der Waals surface area contributed by atoms with Gasteiger partial charge in [0.1, 0.15) is 12.3 Å². The molecule has 0 saturated carbocycles. The number of nitrogens with one attached hydrogen (secondary N) is 1. The standard InChI is InChI=1S/C19H21N3O3/c1-14-6-5-9-17(21-14)19(24)20-10-16-12-22(18(23)13-25-16)11-15-7-3-2-4-8-15/h2-9,16H,10-13H2,1H3,(H,20,24). The van der Waals surface area contributed by atoms with Crippen LogP contribution in [0.15, 0.2) is 48.5 Å². The average Bonchev–Trinajstić information content (AvgIpc) is 2.63. The van der Waals surface area contributed by atoms with Crippen LogP contribution in [-0.2, 0) is 16.1 Å². The number of amides is 2. The van der Waals surface area contributed by atoms with Crippen molar-refractivity contribution in [3.8, 4) is 0 Å². The summed E-state index contributed by atoms with van der Waals surface area (Å²) in [5, 5.41) is 2.83. The second kappa shape index (κ2) is 7.90. The van der Waals surface area contributed by atoms with Crippen molar-refractivity contribution < 1.29 is 14.3 Å². The summed E-state index contributed by atoms with van der Waals surface area (Å²) in [6.07, 6.45) is -0.227. The van der Waals surface area contributed by atoms with E-state index in [1.807, 2.05) is 43.3 Å². The Kier molecular flexibility index (Phi) is 5.40. The van der Waals surface area contributed by atoms with E-state index in [1.165, 1.54) is 0 Å². The molecule has 130 valence electrons. The molecule has 1 atom stereocenters. The van der Waals surface area contributed by atoms with Gasteiger partial charge in [-0.05, 0) is 24.6 Å². The van der Waals surface area contributed by atoms with Gasteiger partial charge in [-0.1, -0.05) is 36.4 Å². The Morgan fingerprint density at radius 3 is 2.80 bits per heavy atom. The van der Waals surface area contributed by atoms with Crippen molar-refractivity contribution in [2.24, 2.45) is 0 Å². The molecule has 2 amide bonds. The van der Waals surface area contributed by atoms with E-state index in [9.17, 15) is 9.59 Å². The molecule has 0 bridgehead atoms. The molecule has 1 N–H and O–H groups in total. The van der Waals surface area contributed by atoms with Gasteiger partial charge in [-0.15, -0.1) is 0 Å². The summed E-state index contributed by atoms with van der Waals surface area (Å²) in [5.74, 6) is -0.273. The van der Waals surface area contributed by atoms with Crippen LogP contribution in [0, 0.1) is 6.92 Å². The van der Waals surface area contributed by atoms with Crippen LogP contribution >= 0.6 is 0 Å². The number of carbonyl (C=O) groups is 2. The van der Waals surface area contributed by atoms with Crippen LogP contribution in [0.4, 0.5) is 0 Å². The zero-order valence-electron chi connectivity index (χ0n) is 14.1. The van der Waals surface area contributed by atoms with E-state index >= 15 is 0 Å². The summed E-state index contributed by atoms with van der Waals surface area (Å²) in [6, 6.07) is 15.1. The number of aryl methyl sites for hydroxylation is 1. The fraction of sp³-hybridized carbons (Fsp3) is 0.316. The van der Waals surface area contributed by atoms with Crippen molar-refractivity contribution in [1.82, 2.24) is 15.2 Å². The molecule has 1 fully saturated rings. The number of ether oxygens (including phenoxy) is 1. The number of benzene rings is 1. The van der Waals surface area contributed by atoms with Gasteiger partial charge in [0.15, 0.2) is 0 Å². The molecule has 2 heterocycles. The fourth-order valence-corrected chi connectivity index (χ4v) is 2.73. The highest BCUT2D eigenvalue weighted by atomic mass is 16.5. The van der Waals surface area contributed by atoms with Crippen LogP contribution in [-0.4, -0.2) is 47.5 Å². The molecule has 1 aliphatic rings. The van der Waals surface area contributed by atoms with E-state index in [1.54, 1.807) is 17.0 Å². The lowest BCUT2D eigenvalue weighted by Crippen LogP contribution is -2.50. The molecule has 0 radical (unpaired) electrons. The zero-order valence-corrected chi connectivity index (χ0v) is 14.1. The highest BCUT2D eigenvalue weighted by Gasteiger charge is 2.26. The monoisotopic (exact) mass is 339 g/mol. The number of rotatable bonds is 5. The van der Waals surface area contributed by atoms with Crippen molar-refractivity contribution in [1.29, 1.82) is 0 Å². The topological polar surface area (TPSA) is 71.5 Å². The molecular weight excluding hydrogens is 318 g/mol. The van der Waals surface area contributed by atoms with Crippen LogP contribution in [0.1, 0.15) is 21.7 Å². The number of nitrogens with zero attached hydrogens (tertiary/aromatic N) is 2. The van der Waals surface area contributed by atoms with Crippen molar-refractivity contribution in [2.75, 3.05) is 19.7 Å². The van der Waals surface area contributed by atoms with Crippen LogP contribution < -0.4 is 5.32 Å². The molecule has 1 saturated heterocycles. The third-order valence-corrected chi connectivity index (χ3v) is 4.05. The predicted octanol–water partition coefficient (Wildman–Crippen LogP) is 1.55. The maximum absolute atomic E-state index is 12.2. The van der Waals surface area contributed by atoms with E-state index in [0.717, 1.165) is 11.3 Å². The Bertz CT molecular complexity index is 749. The Morgan fingerprint density at radius 2 is 2.04 bits per heavy atom. The van der Waals surface area contributed by atoms with E-state index < -0.39 is 0 Å². The minimum Gasteiger partial charge on any atom is -0.365 e. The second-order valence-electron chi connectivity index (χ2n) is 6.07. The molecule has 2 aromatic rings. The Morgan fingerprint density at radius 1 is 1.24 bits per heavy atom. The van der Waals surface area contributed by atoms with Crippen LogP contribution in [0.25, 0.3) is 0 Å². The minimum atomic E-state index is -0.237. The van der Waals surface area contributed by atoms with Crippen LogP contribution in [0.5, 0.6) is 0 Å². The Balaban J connectivity index is 1.54. The van der Waals surface area contributed by atoms with Crippen molar-refractivity contribution in [2.45, 2.75) is 19.6 Å². The lowest BCUT2D eigenvalue weighted by Gasteiger charge is -2.33. The third kappa shape index (κ3) is 4.64. The smallest absolute Gasteiger partial charge is 0.269 e. The van der Waals surface area contributed by atoms with Gasteiger partial charge in [0.05, 0.1) is 6.10 Å².